The second kappa shape index (κ2) is 5.29. The highest BCUT2D eigenvalue weighted by Gasteiger charge is 2.28. The zero-order chi connectivity index (χ0) is 13.3. The summed E-state index contributed by atoms with van der Waals surface area (Å²) in [5.41, 5.74) is 3.11. The van der Waals surface area contributed by atoms with Crippen LogP contribution in [0.3, 0.4) is 0 Å². The molecule has 1 aromatic carbocycles. The molecule has 1 aromatic rings. The molecule has 2 N–H and O–H groups in total. The van der Waals surface area contributed by atoms with Gasteiger partial charge in [-0.25, -0.2) is 0 Å². The summed E-state index contributed by atoms with van der Waals surface area (Å²) in [5.74, 6) is 0.803. The topological polar surface area (TPSA) is 41.5 Å². The highest BCUT2D eigenvalue weighted by atomic mass is 16.5. The third kappa shape index (κ3) is 2.85. The highest BCUT2D eigenvalue weighted by Crippen LogP contribution is 2.32. The minimum absolute atomic E-state index is 0.0487. The summed E-state index contributed by atoms with van der Waals surface area (Å²) in [7, 11) is 1.66. The Morgan fingerprint density at radius 3 is 2.56 bits per heavy atom. The number of aliphatic hydroxyl groups excluding tert-OH is 1. The van der Waals surface area contributed by atoms with Crippen molar-refractivity contribution in [3.05, 3.63) is 28.8 Å². The van der Waals surface area contributed by atoms with Crippen LogP contribution in [0.5, 0.6) is 5.75 Å². The standard InChI is InChI=1S/C15H23NO2/c1-9-7-10(2)15(18-4)13(8-9)14(17)11(3)16-12-5-6-12/h7-8,11-12,14,16-17H,5-6H2,1-4H3. The number of hydrogen-bond acceptors (Lipinski definition) is 3. The fourth-order valence-corrected chi connectivity index (χ4v) is 2.47. The van der Waals surface area contributed by atoms with Crippen molar-refractivity contribution in [1.29, 1.82) is 0 Å². The molecule has 2 unspecified atom stereocenters. The van der Waals surface area contributed by atoms with Gasteiger partial charge in [-0.3, -0.25) is 0 Å². The van der Waals surface area contributed by atoms with Crippen molar-refractivity contribution < 1.29 is 9.84 Å². The molecule has 0 amide bonds. The summed E-state index contributed by atoms with van der Waals surface area (Å²) < 4.78 is 5.44. The van der Waals surface area contributed by atoms with Gasteiger partial charge in [-0.1, -0.05) is 11.6 Å². The molecular formula is C15H23NO2. The molecule has 18 heavy (non-hydrogen) atoms. The van der Waals surface area contributed by atoms with Gasteiger partial charge in [0.2, 0.25) is 0 Å². The summed E-state index contributed by atoms with van der Waals surface area (Å²) in [6, 6.07) is 4.73. The molecule has 0 saturated heterocycles. The van der Waals surface area contributed by atoms with Crippen LogP contribution in [-0.2, 0) is 0 Å². The van der Waals surface area contributed by atoms with Crippen LogP contribution in [0.15, 0.2) is 12.1 Å². The van der Waals surface area contributed by atoms with Crippen molar-refractivity contribution in [1.82, 2.24) is 5.32 Å². The van der Waals surface area contributed by atoms with E-state index in [4.69, 9.17) is 4.74 Å². The minimum atomic E-state index is -0.529. The van der Waals surface area contributed by atoms with E-state index in [2.05, 4.69) is 11.4 Å². The Kier molecular flexibility index (Phi) is 3.93. The van der Waals surface area contributed by atoms with E-state index in [1.165, 1.54) is 12.8 Å². The molecule has 1 aliphatic rings. The molecule has 0 heterocycles. The van der Waals surface area contributed by atoms with Crippen molar-refractivity contribution in [2.75, 3.05) is 7.11 Å². The molecule has 0 aliphatic heterocycles. The monoisotopic (exact) mass is 249 g/mol. The summed E-state index contributed by atoms with van der Waals surface area (Å²) in [5, 5.41) is 13.9. The summed E-state index contributed by atoms with van der Waals surface area (Å²) in [6.45, 7) is 6.09. The normalized spacial score (nSPS) is 18.5. The molecule has 0 radical (unpaired) electrons. The van der Waals surface area contributed by atoms with E-state index in [9.17, 15) is 5.11 Å². The Hall–Kier alpha value is -1.06. The lowest BCUT2D eigenvalue weighted by Gasteiger charge is -2.23. The van der Waals surface area contributed by atoms with Crippen LogP contribution in [0.2, 0.25) is 0 Å². The van der Waals surface area contributed by atoms with Crippen molar-refractivity contribution in [3.63, 3.8) is 0 Å². The van der Waals surface area contributed by atoms with E-state index in [0.717, 1.165) is 22.4 Å². The first kappa shape index (κ1) is 13.4. The lowest BCUT2D eigenvalue weighted by molar-refractivity contribution is 0.131. The number of methoxy groups -OCH3 is 1. The second-order valence-electron chi connectivity index (χ2n) is 5.38. The van der Waals surface area contributed by atoms with Crippen LogP contribution in [0.25, 0.3) is 0 Å². The van der Waals surface area contributed by atoms with Crippen LogP contribution in [0.4, 0.5) is 0 Å². The summed E-state index contributed by atoms with van der Waals surface area (Å²) in [4.78, 5) is 0. The molecule has 1 aliphatic carbocycles. The largest absolute Gasteiger partial charge is 0.496 e. The maximum atomic E-state index is 10.5. The molecule has 3 nitrogen and oxygen atoms in total. The molecule has 2 atom stereocenters. The van der Waals surface area contributed by atoms with Crippen LogP contribution in [0.1, 0.15) is 42.6 Å². The van der Waals surface area contributed by atoms with Gasteiger partial charge in [0, 0.05) is 17.6 Å². The van der Waals surface area contributed by atoms with Gasteiger partial charge in [-0.05, 0) is 45.2 Å². The van der Waals surface area contributed by atoms with E-state index in [0.29, 0.717) is 6.04 Å². The van der Waals surface area contributed by atoms with Gasteiger partial charge in [0.1, 0.15) is 5.75 Å². The summed E-state index contributed by atoms with van der Waals surface area (Å²) in [6.07, 6.45) is 1.92. The zero-order valence-electron chi connectivity index (χ0n) is 11.7. The van der Waals surface area contributed by atoms with Crippen molar-refractivity contribution in [2.45, 2.75) is 51.8 Å². The first-order chi connectivity index (χ1) is 8.52. The number of rotatable bonds is 5. The Morgan fingerprint density at radius 1 is 1.33 bits per heavy atom. The molecule has 100 valence electrons. The third-order valence-electron chi connectivity index (χ3n) is 3.52. The van der Waals surface area contributed by atoms with Gasteiger partial charge in [0.05, 0.1) is 13.2 Å². The Balaban J connectivity index is 2.24. The highest BCUT2D eigenvalue weighted by molar-refractivity contribution is 5.45. The van der Waals surface area contributed by atoms with Gasteiger partial charge in [0.15, 0.2) is 0 Å². The number of aryl methyl sites for hydroxylation is 2. The molecule has 1 fully saturated rings. The number of aliphatic hydroxyl groups is 1. The predicted molar refractivity (Wildman–Crippen MR) is 73.0 cm³/mol. The molecule has 0 bridgehead atoms. The van der Waals surface area contributed by atoms with Gasteiger partial charge in [0.25, 0.3) is 0 Å². The average Bonchev–Trinajstić information content (AvgIpc) is 3.11. The quantitative estimate of drug-likeness (QED) is 0.842. The van der Waals surface area contributed by atoms with E-state index >= 15 is 0 Å². The smallest absolute Gasteiger partial charge is 0.127 e. The Labute approximate surface area is 109 Å². The van der Waals surface area contributed by atoms with Gasteiger partial charge < -0.3 is 15.2 Å². The van der Waals surface area contributed by atoms with Crippen molar-refractivity contribution >= 4 is 0 Å². The fraction of sp³-hybridized carbons (Fsp3) is 0.600. The van der Waals surface area contributed by atoms with Crippen molar-refractivity contribution in [2.24, 2.45) is 0 Å². The SMILES string of the molecule is COc1c(C)cc(C)cc1C(O)C(C)NC1CC1. The van der Waals surface area contributed by atoms with Crippen LogP contribution in [0, 0.1) is 13.8 Å². The lowest BCUT2D eigenvalue weighted by Crippen LogP contribution is -2.34. The Bertz CT molecular complexity index is 427. The van der Waals surface area contributed by atoms with Gasteiger partial charge in [-0.2, -0.15) is 0 Å². The number of nitrogens with one attached hydrogen (secondary N) is 1. The maximum absolute atomic E-state index is 10.5. The van der Waals surface area contributed by atoms with Crippen LogP contribution >= 0.6 is 0 Å². The molecule has 0 spiro atoms. The number of ether oxygens (including phenoxy) is 1. The van der Waals surface area contributed by atoms with E-state index in [-0.39, 0.29) is 6.04 Å². The van der Waals surface area contributed by atoms with Gasteiger partial charge >= 0.3 is 0 Å². The second-order valence-corrected chi connectivity index (χ2v) is 5.38. The summed E-state index contributed by atoms with van der Waals surface area (Å²) >= 11 is 0. The predicted octanol–water partition coefficient (Wildman–Crippen LogP) is 2.49. The Morgan fingerprint density at radius 2 is 2.00 bits per heavy atom. The third-order valence-corrected chi connectivity index (χ3v) is 3.52. The number of benzene rings is 1. The molecule has 0 aromatic heterocycles. The molecule has 3 heteroatoms. The zero-order valence-corrected chi connectivity index (χ0v) is 11.7. The average molecular weight is 249 g/mol. The van der Waals surface area contributed by atoms with E-state index in [1.54, 1.807) is 7.11 Å². The van der Waals surface area contributed by atoms with E-state index in [1.807, 2.05) is 26.8 Å². The van der Waals surface area contributed by atoms with Crippen LogP contribution < -0.4 is 10.1 Å². The molecule has 1 saturated carbocycles. The van der Waals surface area contributed by atoms with Crippen molar-refractivity contribution in [3.8, 4) is 5.75 Å². The van der Waals surface area contributed by atoms with E-state index < -0.39 is 6.10 Å². The first-order valence-corrected chi connectivity index (χ1v) is 6.62. The molecular weight excluding hydrogens is 226 g/mol. The number of hydrogen-bond donors (Lipinski definition) is 2. The first-order valence-electron chi connectivity index (χ1n) is 6.62. The lowest BCUT2D eigenvalue weighted by atomic mass is 9.97. The molecule has 2 rings (SSSR count). The van der Waals surface area contributed by atoms with Gasteiger partial charge in [-0.15, -0.1) is 0 Å². The fourth-order valence-electron chi connectivity index (χ4n) is 2.47. The minimum Gasteiger partial charge on any atom is -0.496 e. The van der Waals surface area contributed by atoms with Crippen LogP contribution in [-0.4, -0.2) is 24.3 Å². The maximum Gasteiger partial charge on any atom is 0.127 e.